The second-order valence-electron chi connectivity index (χ2n) is 6.01. The van der Waals surface area contributed by atoms with Crippen molar-refractivity contribution in [3.8, 4) is 0 Å². The van der Waals surface area contributed by atoms with Gasteiger partial charge in [-0.15, -0.1) is 0 Å². The molecule has 2 aliphatic rings. The van der Waals surface area contributed by atoms with Crippen LogP contribution in [0.1, 0.15) is 32.6 Å². The molecule has 3 atom stereocenters. The van der Waals surface area contributed by atoms with Crippen LogP contribution in [0.5, 0.6) is 0 Å². The van der Waals surface area contributed by atoms with Gasteiger partial charge in [0.25, 0.3) is 0 Å². The van der Waals surface area contributed by atoms with Gasteiger partial charge in [0.15, 0.2) is 9.84 Å². The van der Waals surface area contributed by atoms with Crippen LogP contribution in [0, 0.1) is 5.92 Å². The molecule has 19 heavy (non-hydrogen) atoms. The van der Waals surface area contributed by atoms with E-state index in [-0.39, 0.29) is 10.9 Å². The number of rotatable bonds is 3. The van der Waals surface area contributed by atoms with E-state index in [1.54, 1.807) is 11.8 Å². The molecule has 2 fully saturated rings. The van der Waals surface area contributed by atoms with Crippen LogP contribution in [0.25, 0.3) is 0 Å². The topological polar surface area (TPSA) is 63.4 Å². The lowest BCUT2D eigenvalue weighted by Gasteiger charge is -2.53. The van der Waals surface area contributed by atoms with Crippen molar-refractivity contribution >= 4 is 21.6 Å². The molecule has 6 heteroatoms. The second-order valence-corrected chi connectivity index (χ2v) is 9.36. The SMILES string of the molecule is CC1CCCCC1(CN)N1CCSCC1S(C)(=O)=O. The summed E-state index contributed by atoms with van der Waals surface area (Å²) >= 11 is 1.75. The zero-order chi connectivity index (χ0) is 14.1. The quantitative estimate of drug-likeness (QED) is 0.852. The van der Waals surface area contributed by atoms with E-state index >= 15 is 0 Å². The Morgan fingerprint density at radius 1 is 1.42 bits per heavy atom. The van der Waals surface area contributed by atoms with Crippen LogP contribution in [0.2, 0.25) is 0 Å². The van der Waals surface area contributed by atoms with Gasteiger partial charge in [0, 0.05) is 36.4 Å². The van der Waals surface area contributed by atoms with Gasteiger partial charge in [-0.05, 0) is 18.8 Å². The van der Waals surface area contributed by atoms with Crippen molar-refractivity contribution in [3.63, 3.8) is 0 Å². The molecule has 4 nitrogen and oxygen atoms in total. The van der Waals surface area contributed by atoms with Crippen LogP contribution in [-0.2, 0) is 9.84 Å². The lowest BCUT2D eigenvalue weighted by atomic mass is 9.72. The van der Waals surface area contributed by atoms with Gasteiger partial charge < -0.3 is 5.73 Å². The zero-order valence-corrected chi connectivity index (χ0v) is 13.6. The first-order valence-corrected chi connectivity index (χ1v) is 10.3. The van der Waals surface area contributed by atoms with Gasteiger partial charge in [-0.2, -0.15) is 11.8 Å². The van der Waals surface area contributed by atoms with Gasteiger partial charge in [0.2, 0.25) is 0 Å². The monoisotopic (exact) mass is 306 g/mol. The van der Waals surface area contributed by atoms with Gasteiger partial charge in [-0.1, -0.05) is 19.8 Å². The zero-order valence-electron chi connectivity index (χ0n) is 12.0. The van der Waals surface area contributed by atoms with Crippen LogP contribution in [0.15, 0.2) is 0 Å². The summed E-state index contributed by atoms with van der Waals surface area (Å²) in [5.74, 6) is 2.19. The maximum absolute atomic E-state index is 12.1. The third-order valence-electron chi connectivity index (χ3n) is 4.92. The minimum Gasteiger partial charge on any atom is -0.329 e. The fourth-order valence-corrected chi connectivity index (χ4v) is 6.62. The standard InChI is InChI=1S/C13H26N2O2S2/c1-11-5-3-4-6-13(11,10-14)15-7-8-18-9-12(15)19(2,16)17/h11-12H,3-10,14H2,1-2H3. The molecule has 1 aliphatic carbocycles. The highest BCUT2D eigenvalue weighted by atomic mass is 32.2. The fraction of sp³-hybridized carbons (Fsp3) is 1.00. The molecule has 2 rings (SSSR count). The van der Waals surface area contributed by atoms with Crippen LogP contribution >= 0.6 is 11.8 Å². The van der Waals surface area contributed by atoms with E-state index in [1.165, 1.54) is 19.1 Å². The summed E-state index contributed by atoms with van der Waals surface area (Å²) in [6, 6.07) is 0. The highest BCUT2D eigenvalue weighted by molar-refractivity contribution is 8.00. The van der Waals surface area contributed by atoms with E-state index in [9.17, 15) is 8.42 Å². The van der Waals surface area contributed by atoms with Crippen molar-refractivity contribution in [3.05, 3.63) is 0 Å². The van der Waals surface area contributed by atoms with Crippen molar-refractivity contribution in [2.75, 3.05) is 30.9 Å². The van der Waals surface area contributed by atoms with E-state index in [4.69, 9.17) is 5.73 Å². The van der Waals surface area contributed by atoms with Crippen LogP contribution in [0.4, 0.5) is 0 Å². The molecule has 0 amide bonds. The van der Waals surface area contributed by atoms with E-state index in [0.29, 0.717) is 18.2 Å². The first-order valence-electron chi connectivity index (χ1n) is 7.15. The van der Waals surface area contributed by atoms with E-state index in [0.717, 1.165) is 25.1 Å². The molecule has 0 radical (unpaired) electrons. The summed E-state index contributed by atoms with van der Waals surface area (Å²) in [7, 11) is -3.05. The fourth-order valence-electron chi connectivity index (χ4n) is 3.69. The molecule has 3 unspecified atom stereocenters. The molecule has 112 valence electrons. The summed E-state index contributed by atoms with van der Waals surface area (Å²) in [5, 5.41) is -0.352. The molecule has 1 aliphatic heterocycles. The number of nitrogens with zero attached hydrogens (tertiary/aromatic N) is 1. The largest absolute Gasteiger partial charge is 0.329 e. The number of hydrogen-bond acceptors (Lipinski definition) is 5. The predicted octanol–water partition coefficient (Wildman–Crippen LogP) is 1.31. The van der Waals surface area contributed by atoms with E-state index < -0.39 is 9.84 Å². The van der Waals surface area contributed by atoms with E-state index in [1.807, 2.05) is 0 Å². The van der Waals surface area contributed by atoms with Gasteiger partial charge in [-0.25, -0.2) is 8.42 Å². The van der Waals surface area contributed by atoms with Gasteiger partial charge in [0.05, 0.1) is 0 Å². The summed E-state index contributed by atoms with van der Waals surface area (Å²) < 4.78 is 24.2. The van der Waals surface area contributed by atoms with Gasteiger partial charge in [0.1, 0.15) is 5.37 Å². The van der Waals surface area contributed by atoms with Crippen molar-refractivity contribution < 1.29 is 8.42 Å². The van der Waals surface area contributed by atoms with Gasteiger partial charge in [-0.3, -0.25) is 4.90 Å². The summed E-state index contributed by atoms with van der Waals surface area (Å²) in [6.45, 7) is 3.67. The van der Waals surface area contributed by atoms with Crippen molar-refractivity contribution in [2.45, 2.75) is 43.5 Å². The lowest BCUT2D eigenvalue weighted by molar-refractivity contribution is 0.00989. The van der Waals surface area contributed by atoms with Crippen LogP contribution in [-0.4, -0.2) is 55.1 Å². The van der Waals surface area contributed by atoms with Crippen molar-refractivity contribution in [1.29, 1.82) is 0 Å². The predicted molar refractivity (Wildman–Crippen MR) is 82.1 cm³/mol. The maximum Gasteiger partial charge on any atom is 0.164 e. The molecular weight excluding hydrogens is 280 g/mol. The molecule has 0 aromatic heterocycles. The number of nitrogens with two attached hydrogens (primary N) is 1. The second kappa shape index (κ2) is 5.92. The highest BCUT2D eigenvalue weighted by Gasteiger charge is 2.48. The van der Waals surface area contributed by atoms with Crippen LogP contribution < -0.4 is 5.73 Å². The number of thioether (sulfide) groups is 1. The Hall–Kier alpha value is 0.220. The number of hydrogen-bond donors (Lipinski definition) is 1. The Labute approximate surface area is 121 Å². The molecule has 0 bridgehead atoms. The first kappa shape index (κ1) is 15.6. The smallest absolute Gasteiger partial charge is 0.164 e. The molecule has 1 heterocycles. The Morgan fingerprint density at radius 3 is 2.74 bits per heavy atom. The van der Waals surface area contributed by atoms with Crippen molar-refractivity contribution in [2.24, 2.45) is 11.7 Å². The highest BCUT2D eigenvalue weighted by Crippen LogP contribution is 2.41. The minimum atomic E-state index is -3.05. The number of sulfone groups is 1. The van der Waals surface area contributed by atoms with Gasteiger partial charge >= 0.3 is 0 Å². The lowest BCUT2D eigenvalue weighted by Crippen LogP contribution is -2.65. The Balaban J connectivity index is 2.33. The molecule has 1 saturated carbocycles. The average Bonchev–Trinajstić information content (AvgIpc) is 2.39. The van der Waals surface area contributed by atoms with E-state index in [2.05, 4.69) is 11.8 Å². The third kappa shape index (κ3) is 2.96. The minimum absolute atomic E-state index is 0.104. The summed E-state index contributed by atoms with van der Waals surface area (Å²) in [5.41, 5.74) is 6.02. The summed E-state index contributed by atoms with van der Waals surface area (Å²) in [4.78, 5) is 2.24. The third-order valence-corrected chi connectivity index (χ3v) is 7.56. The molecule has 0 aromatic rings. The normalized spacial score (nSPS) is 38.3. The Morgan fingerprint density at radius 2 is 2.16 bits per heavy atom. The molecule has 0 aromatic carbocycles. The Bertz CT molecular complexity index is 413. The average molecular weight is 306 g/mol. The maximum atomic E-state index is 12.1. The molecular formula is C13H26N2O2S2. The van der Waals surface area contributed by atoms with Crippen molar-refractivity contribution in [1.82, 2.24) is 4.90 Å². The molecule has 1 saturated heterocycles. The summed E-state index contributed by atoms with van der Waals surface area (Å²) in [6.07, 6.45) is 5.99. The van der Waals surface area contributed by atoms with Crippen LogP contribution in [0.3, 0.4) is 0 Å². The Kier molecular flexibility index (Phi) is 4.86. The molecule has 2 N–H and O–H groups in total. The molecule has 0 spiro atoms. The first-order chi connectivity index (χ1) is 8.92.